The van der Waals surface area contributed by atoms with E-state index in [1.807, 2.05) is 53.7 Å². The lowest BCUT2D eigenvalue weighted by molar-refractivity contribution is -0.123. The number of aromatic hydroxyl groups is 1. The Labute approximate surface area is 177 Å². The monoisotopic (exact) mass is 416 g/mol. The fourth-order valence-corrected chi connectivity index (χ4v) is 2.97. The van der Waals surface area contributed by atoms with Crippen LogP contribution >= 0.6 is 11.6 Å². The molecule has 0 aromatic heterocycles. The first-order chi connectivity index (χ1) is 13.4. The summed E-state index contributed by atoms with van der Waals surface area (Å²) in [6.07, 6.45) is 1.57. The van der Waals surface area contributed by atoms with E-state index in [1.165, 1.54) is 0 Å². The van der Waals surface area contributed by atoms with Crippen LogP contribution in [0.3, 0.4) is 0 Å². The lowest BCUT2D eigenvalue weighted by Crippen LogP contribution is -2.24. The smallest absolute Gasteiger partial charge is 0.277 e. The number of hydrogen-bond donors (Lipinski definition) is 2. The molecule has 0 heterocycles. The Kier molecular flexibility index (Phi) is 6.96. The molecule has 2 N–H and O–H groups in total. The fraction of sp³-hybridized carbons (Fsp3) is 0.391. The fourth-order valence-electron chi connectivity index (χ4n) is 2.79. The van der Waals surface area contributed by atoms with Gasteiger partial charge < -0.3 is 9.84 Å². The Morgan fingerprint density at radius 2 is 1.69 bits per heavy atom. The minimum atomic E-state index is -0.382. The van der Waals surface area contributed by atoms with E-state index in [9.17, 15) is 9.90 Å². The molecule has 6 heteroatoms. The number of amides is 1. The van der Waals surface area contributed by atoms with Crippen LogP contribution in [-0.2, 0) is 15.6 Å². The van der Waals surface area contributed by atoms with E-state index in [-0.39, 0.29) is 23.3 Å². The molecule has 1 amide bonds. The molecule has 0 unspecified atom stereocenters. The van der Waals surface area contributed by atoms with Crippen molar-refractivity contribution in [2.24, 2.45) is 5.10 Å². The summed E-state index contributed by atoms with van der Waals surface area (Å²) in [7, 11) is 0. The Bertz CT molecular complexity index is 874. The summed E-state index contributed by atoms with van der Waals surface area (Å²) in [5.74, 6) is 0.438. The molecule has 2 aromatic rings. The molecule has 5 nitrogen and oxygen atoms in total. The van der Waals surface area contributed by atoms with Gasteiger partial charge in [0.2, 0.25) is 0 Å². The van der Waals surface area contributed by atoms with Crippen LogP contribution in [0.2, 0.25) is 5.02 Å². The third-order valence-electron chi connectivity index (χ3n) is 4.32. The number of nitrogens with one attached hydrogen (secondary N) is 1. The van der Waals surface area contributed by atoms with Crippen LogP contribution < -0.4 is 10.2 Å². The highest BCUT2D eigenvalue weighted by Gasteiger charge is 2.26. The number of carbonyl (C=O) groups excluding carboxylic acids is 1. The van der Waals surface area contributed by atoms with Gasteiger partial charge in [-0.2, -0.15) is 5.10 Å². The van der Waals surface area contributed by atoms with Crippen LogP contribution in [0.1, 0.15) is 58.2 Å². The van der Waals surface area contributed by atoms with Gasteiger partial charge in [0.15, 0.2) is 6.61 Å². The first-order valence-electron chi connectivity index (χ1n) is 9.46. The van der Waals surface area contributed by atoms with Gasteiger partial charge in [0.25, 0.3) is 5.91 Å². The molecule has 2 rings (SSSR count). The predicted molar refractivity (Wildman–Crippen MR) is 118 cm³/mol. The summed E-state index contributed by atoms with van der Waals surface area (Å²) in [4.78, 5) is 12.0. The molecule has 29 heavy (non-hydrogen) atoms. The van der Waals surface area contributed by atoms with Gasteiger partial charge >= 0.3 is 0 Å². The quantitative estimate of drug-likeness (QED) is 0.521. The van der Waals surface area contributed by atoms with Crippen molar-refractivity contribution < 1.29 is 14.6 Å². The van der Waals surface area contributed by atoms with Crippen molar-refractivity contribution in [3.63, 3.8) is 0 Å². The molecule has 0 aliphatic rings. The largest absolute Gasteiger partial charge is 0.507 e. The maximum atomic E-state index is 12.0. The number of ether oxygens (including phenoxy) is 1. The van der Waals surface area contributed by atoms with Crippen molar-refractivity contribution in [3.8, 4) is 11.5 Å². The van der Waals surface area contributed by atoms with E-state index in [1.54, 1.807) is 30.5 Å². The number of phenols is 1. The second-order valence-electron chi connectivity index (χ2n) is 9.00. The molecule has 0 aliphatic heterocycles. The highest BCUT2D eigenvalue weighted by Crippen LogP contribution is 2.39. The highest BCUT2D eigenvalue weighted by atomic mass is 35.5. The van der Waals surface area contributed by atoms with Gasteiger partial charge in [0.1, 0.15) is 11.5 Å². The average Bonchev–Trinajstić information content (AvgIpc) is 2.59. The lowest BCUT2D eigenvalue weighted by Gasteiger charge is -2.27. The molecule has 0 saturated heterocycles. The highest BCUT2D eigenvalue weighted by molar-refractivity contribution is 6.30. The number of halogens is 1. The van der Waals surface area contributed by atoms with E-state index in [2.05, 4.69) is 10.5 Å². The zero-order chi connectivity index (χ0) is 21.8. The second-order valence-corrected chi connectivity index (χ2v) is 9.44. The van der Waals surface area contributed by atoms with Crippen LogP contribution in [0.15, 0.2) is 41.5 Å². The maximum absolute atomic E-state index is 12.0. The lowest BCUT2D eigenvalue weighted by atomic mass is 9.78. The van der Waals surface area contributed by atoms with Crippen LogP contribution in [0.4, 0.5) is 0 Å². The van der Waals surface area contributed by atoms with Gasteiger partial charge in [0, 0.05) is 16.1 Å². The van der Waals surface area contributed by atoms with Gasteiger partial charge in [-0.25, -0.2) is 5.43 Å². The maximum Gasteiger partial charge on any atom is 0.277 e. The molecule has 0 atom stereocenters. The topological polar surface area (TPSA) is 70.9 Å². The number of benzene rings is 2. The van der Waals surface area contributed by atoms with Crippen LogP contribution in [0.25, 0.3) is 0 Å². The first kappa shape index (κ1) is 22.8. The van der Waals surface area contributed by atoms with Crippen molar-refractivity contribution in [1.82, 2.24) is 5.43 Å². The molecule has 0 radical (unpaired) electrons. The average molecular weight is 417 g/mol. The minimum absolute atomic E-state index is 0.173. The number of hydrogen-bond acceptors (Lipinski definition) is 4. The van der Waals surface area contributed by atoms with Gasteiger partial charge in [-0.15, -0.1) is 0 Å². The molecule has 0 bridgehead atoms. The molecular weight excluding hydrogens is 388 g/mol. The van der Waals surface area contributed by atoms with Crippen molar-refractivity contribution in [2.75, 3.05) is 6.61 Å². The van der Waals surface area contributed by atoms with Crippen molar-refractivity contribution in [1.29, 1.82) is 0 Å². The number of carbonyl (C=O) groups is 1. The molecule has 0 saturated carbocycles. The van der Waals surface area contributed by atoms with E-state index in [4.69, 9.17) is 16.3 Å². The minimum Gasteiger partial charge on any atom is -0.507 e. The summed E-state index contributed by atoms with van der Waals surface area (Å²) in [6, 6.07) is 10.6. The summed E-state index contributed by atoms with van der Waals surface area (Å²) in [5.41, 5.74) is 4.46. The third kappa shape index (κ3) is 6.50. The molecule has 156 valence electrons. The van der Waals surface area contributed by atoms with Gasteiger partial charge in [0.05, 0.1) is 6.21 Å². The molecular formula is C23H29ClN2O3. The van der Waals surface area contributed by atoms with Crippen molar-refractivity contribution >= 4 is 23.7 Å². The Balaban J connectivity index is 2.12. The van der Waals surface area contributed by atoms with Gasteiger partial charge in [-0.1, -0.05) is 59.2 Å². The van der Waals surface area contributed by atoms with E-state index < -0.39 is 0 Å². The summed E-state index contributed by atoms with van der Waals surface area (Å²) < 4.78 is 5.39. The number of phenolic OH excluding ortho intramolecular Hbond substituents is 1. The Morgan fingerprint density at radius 3 is 2.21 bits per heavy atom. The summed E-state index contributed by atoms with van der Waals surface area (Å²) >= 11 is 5.89. The standard InChI is InChI=1S/C23H29ClN2O3/c1-22(2,3)18-10-15(11-19(21(18)28)23(4,5)6)13-25-26-20(27)14-29-17-9-7-8-16(24)12-17/h7-13,28H,14H2,1-6H3,(H,26,27). The molecule has 0 fully saturated rings. The predicted octanol–water partition coefficient (Wildman–Crippen LogP) is 5.17. The van der Waals surface area contributed by atoms with E-state index in [0.717, 1.165) is 16.7 Å². The van der Waals surface area contributed by atoms with Gasteiger partial charge in [-0.3, -0.25) is 4.79 Å². The SMILES string of the molecule is CC(C)(C)c1cc(C=NNC(=O)COc2cccc(Cl)c2)cc(C(C)(C)C)c1O. The number of nitrogens with zero attached hydrogens (tertiary/aromatic N) is 1. The van der Waals surface area contributed by atoms with Gasteiger partial charge in [-0.05, 0) is 46.7 Å². The summed E-state index contributed by atoms with van der Waals surface area (Å²) in [5, 5.41) is 15.3. The summed E-state index contributed by atoms with van der Waals surface area (Å²) in [6.45, 7) is 12.1. The van der Waals surface area contributed by atoms with Crippen LogP contribution in [0.5, 0.6) is 11.5 Å². The third-order valence-corrected chi connectivity index (χ3v) is 4.55. The van der Waals surface area contributed by atoms with Crippen LogP contribution in [-0.4, -0.2) is 23.8 Å². The Hall–Kier alpha value is -2.53. The van der Waals surface area contributed by atoms with Crippen LogP contribution in [0, 0.1) is 0 Å². The first-order valence-corrected chi connectivity index (χ1v) is 9.84. The zero-order valence-electron chi connectivity index (χ0n) is 17.8. The van der Waals surface area contributed by atoms with Crippen molar-refractivity contribution in [2.45, 2.75) is 52.4 Å². The molecule has 0 aliphatic carbocycles. The van der Waals surface area contributed by atoms with E-state index >= 15 is 0 Å². The second kappa shape index (κ2) is 8.87. The zero-order valence-corrected chi connectivity index (χ0v) is 18.6. The number of hydrazone groups is 1. The van der Waals surface area contributed by atoms with Crippen molar-refractivity contribution in [3.05, 3.63) is 58.1 Å². The van der Waals surface area contributed by atoms with E-state index in [0.29, 0.717) is 16.5 Å². The number of rotatable bonds is 5. The Morgan fingerprint density at radius 1 is 1.10 bits per heavy atom. The molecule has 2 aromatic carbocycles. The molecule has 0 spiro atoms. The normalized spacial score (nSPS) is 12.2.